The Labute approximate surface area is 169 Å². The highest BCUT2D eigenvalue weighted by Gasteiger charge is 2.21. The molecule has 0 saturated carbocycles. The van der Waals surface area contributed by atoms with Gasteiger partial charge in [0, 0.05) is 43.5 Å². The summed E-state index contributed by atoms with van der Waals surface area (Å²) < 4.78 is 1.97. The van der Waals surface area contributed by atoms with E-state index in [2.05, 4.69) is 71.9 Å². The number of aliphatic imine (C=N–C) groups is 1. The Balaban J connectivity index is 1.53. The number of likely N-dealkylation sites (tertiary alicyclic amines) is 1. The fraction of sp³-hybridized carbons (Fsp3) is 0.545. The molecule has 6 nitrogen and oxygen atoms in total. The average molecular weight is 383 g/mol. The van der Waals surface area contributed by atoms with Crippen LogP contribution in [0.15, 0.2) is 47.7 Å². The Morgan fingerprint density at radius 1 is 1.18 bits per heavy atom. The van der Waals surface area contributed by atoms with Gasteiger partial charge in [-0.15, -0.1) is 0 Å². The largest absolute Gasteiger partial charge is 0.357 e. The first kappa shape index (κ1) is 20.4. The molecule has 0 spiro atoms. The van der Waals surface area contributed by atoms with E-state index in [4.69, 9.17) is 4.99 Å². The minimum absolute atomic E-state index is 0.494. The number of nitrogens with zero attached hydrogens (tertiary/aromatic N) is 4. The molecule has 0 atom stereocenters. The van der Waals surface area contributed by atoms with Gasteiger partial charge < -0.3 is 15.5 Å². The maximum absolute atomic E-state index is 4.78. The van der Waals surface area contributed by atoms with Crippen LogP contribution in [0.2, 0.25) is 0 Å². The zero-order chi connectivity index (χ0) is 19.8. The lowest BCUT2D eigenvalue weighted by molar-refractivity contribution is 0.167. The molecule has 0 aliphatic carbocycles. The van der Waals surface area contributed by atoms with Crippen LogP contribution >= 0.6 is 0 Å². The van der Waals surface area contributed by atoms with Crippen molar-refractivity contribution in [3.63, 3.8) is 0 Å². The van der Waals surface area contributed by atoms with E-state index in [1.165, 1.54) is 5.56 Å². The number of nitrogens with one attached hydrogen (secondary N) is 2. The third-order valence-electron chi connectivity index (χ3n) is 5.24. The van der Waals surface area contributed by atoms with Gasteiger partial charge >= 0.3 is 0 Å². The standard InChI is InChI=1S/C22H34N6/c1-4-23-22(26-21-10-12-27(13-11-21)18(2)3)24-14-20-15-25-28(17-20)16-19-8-6-5-7-9-19/h5-9,15,17-18,21H,4,10-14,16H2,1-3H3,(H2,23,24,26). The third kappa shape index (κ3) is 6.09. The van der Waals surface area contributed by atoms with Crippen LogP contribution in [0.5, 0.6) is 0 Å². The molecule has 2 heterocycles. The number of piperidine rings is 1. The van der Waals surface area contributed by atoms with Crippen LogP contribution in [-0.2, 0) is 13.1 Å². The van der Waals surface area contributed by atoms with Gasteiger partial charge in [0.15, 0.2) is 5.96 Å². The molecule has 3 rings (SSSR count). The summed E-state index contributed by atoms with van der Waals surface area (Å²) >= 11 is 0. The van der Waals surface area contributed by atoms with E-state index in [1.807, 2.05) is 16.9 Å². The first-order valence-corrected chi connectivity index (χ1v) is 10.5. The predicted molar refractivity (Wildman–Crippen MR) is 115 cm³/mol. The summed E-state index contributed by atoms with van der Waals surface area (Å²) in [6.45, 7) is 11.3. The molecule has 1 saturated heterocycles. The molecule has 1 aromatic heterocycles. The minimum atomic E-state index is 0.494. The van der Waals surface area contributed by atoms with Crippen molar-refractivity contribution in [2.24, 2.45) is 4.99 Å². The van der Waals surface area contributed by atoms with Gasteiger partial charge in [0.2, 0.25) is 0 Å². The lowest BCUT2D eigenvalue weighted by Gasteiger charge is -2.35. The van der Waals surface area contributed by atoms with E-state index in [-0.39, 0.29) is 0 Å². The molecule has 152 valence electrons. The molecule has 1 fully saturated rings. The molecule has 1 aliphatic heterocycles. The number of rotatable bonds is 7. The Kier molecular flexibility index (Phi) is 7.48. The molecule has 1 aliphatic rings. The van der Waals surface area contributed by atoms with E-state index >= 15 is 0 Å². The molecule has 0 radical (unpaired) electrons. The summed E-state index contributed by atoms with van der Waals surface area (Å²) in [4.78, 5) is 7.32. The number of hydrogen-bond donors (Lipinski definition) is 2. The molecule has 2 N–H and O–H groups in total. The topological polar surface area (TPSA) is 57.5 Å². The van der Waals surface area contributed by atoms with Crippen LogP contribution in [0.25, 0.3) is 0 Å². The monoisotopic (exact) mass is 382 g/mol. The minimum Gasteiger partial charge on any atom is -0.357 e. The van der Waals surface area contributed by atoms with Gasteiger partial charge in [0.25, 0.3) is 0 Å². The fourth-order valence-electron chi connectivity index (χ4n) is 3.59. The summed E-state index contributed by atoms with van der Waals surface area (Å²) in [7, 11) is 0. The molecule has 28 heavy (non-hydrogen) atoms. The average Bonchev–Trinajstić information content (AvgIpc) is 3.15. The van der Waals surface area contributed by atoms with Crippen molar-refractivity contribution in [3.8, 4) is 0 Å². The Bertz CT molecular complexity index is 728. The maximum atomic E-state index is 4.78. The Morgan fingerprint density at radius 2 is 1.93 bits per heavy atom. The van der Waals surface area contributed by atoms with Crippen LogP contribution in [-0.4, -0.2) is 52.4 Å². The van der Waals surface area contributed by atoms with Crippen LogP contribution in [0, 0.1) is 0 Å². The van der Waals surface area contributed by atoms with Crippen molar-refractivity contribution >= 4 is 5.96 Å². The van der Waals surface area contributed by atoms with E-state index in [1.54, 1.807) is 0 Å². The second-order valence-electron chi connectivity index (χ2n) is 7.78. The van der Waals surface area contributed by atoms with Gasteiger partial charge in [0.1, 0.15) is 0 Å². The zero-order valence-electron chi connectivity index (χ0n) is 17.4. The van der Waals surface area contributed by atoms with Crippen molar-refractivity contribution in [2.45, 2.75) is 58.8 Å². The summed E-state index contributed by atoms with van der Waals surface area (Å²) in [5.74, 6) is 0.904. The third-order valence-corrected chi connectivity index (χ3v) is 5.24. The van der Waals surface area contributed by atoms with Crippen molar-refractivity contribution in [1.82, 2.24) is 25.3 Å². The van der Waals surface area contributed by atoms with Crippen LogP contribution < -0.4 is 10.6 Å². The second-order valence-corrected chi connectivity index (χ2v) is 7.78. The van der Waals surface area contributed by atoms with Gasteiger partial charge in [0.05, 0.1) is 19.3 Å². The molecule has 0 unspecified atom stereocenters. The predicted octanol–water partition coefficient (Wildman–Crippen LogP) is 2.86. The molecular formula is C22H34N6. The zero-order valence-corrected chi connectivity index (χ0v) is 17.4. The molecular weight excluding hydrogens is 348 g/mol. The van der Waals surface area contributed by atoms with Crippen LogP contribution in [0.1, 0.15) is 44.7 Å². The lowest BCUT2D eigenvalue weighted by Crippen LogP contribution is -2.49. The molecule has 1 aromatic carbocycles. The van der Waals surface area contributed by atoms with Gasteiger partial charge in [-0.05, 0) is 39.2 Å². The van der Waals surface area contributed by atoms with Crippen molar-refractivity contribution in [1.29, 1.82) is 0 Å². The highest BCUT2D eigenvalue weighted by atomic mass is 15.3. The summed E-state index contributed by atoms with van der Waals surface area (Å²) in [6.07, 6.45) is 6.33. The summed E-state index contributed by atoms with van der Waals surface area (Å²) in [5.41, 5.74) is 2.38. The molecule has 2 aromatic rings. The highest BCUT2D eigenvalue weighted by Crippen LogP contribution is 2.13. The van der Waals surface area contributed by atoms with Gasteiger partial charge in [-0.1, -0.05) is 30.3 Å². The second kappa shape index (κ2) is 10.3. The van der Waals surface area contributed by atoms with Crippen molar-refractivity contribution in [3.05, 3.63) is 53.9 Å². The summed E-state index contributed by atoms with van der Waals surface area (Å²) in [5, 5.41) is 11.5. The van der Waals surface area contributed by atoms with Gasteiger partial charge in [-0.25, -0.2) is 4.99 Å². The molecule has 0 bridgehead atoms. The SMILES string of the molecule is CCNC(=NCc1cnn(Cc2ccccc2)c1)NC1CCN(C(C)C)CC1. The lowest BCUT2D eigenvalue weighted by atomic mass is 10.0. The van der Waals surface area contributed by atoms with Gasteiger partial charge in [-0.3, -0.25) is 4.68 Å². The van der Waals surface area contributed by atoms with E-state index in [0.717, 1.165) is 50.5 Å². The Hall–Kier alpha value is -2.34. The van der Waals surface area contributed by atoms with E-state index in [9.17, 15) is 0 Å². The first-order valence-electron chi connectivity index (χ1n) is 10.5. The molecule has 6 heteroatoms. The van der Waals surface area contributed by atoms with E-state index in [0.29, 0.717) is 18.6 Å². The number of benzene rings is 1. The van der Waals surface area contributed by atoms with Gasteiger partial charge in [-0.2, -0.15) is 5.10 Å². The van der Waals surface area contributed by atoms with E-state index < -0.39 is 0 Å². The Morgan fingerprint density at radius 3 is 2.61 bits per heavy atom. The quantitative estimate of drug-likeness (QED) is 0.571. The van der Waals surface area contributed by atoms with Crippen LogP contribution in [0.3, 0.4) is 0 Å². The number of hydrogen-bond acceptors (Lipinski definition) is 3. The molecule has 0 amide bonds. The summed E-state index contributed by atoms with van der Waals surface area (Å²) in [6, 6.07) is 11.5. The first-order chi connectivity index (χ1) is 13.6. The smallest absolute Gasteiger partial charge is 0.191 e. The van der Waals surface area contributed by atoms with Crippen molar-refractivity contribution < 1.29 is 0 Å². The van der Waals surface area contributed by atoms with Crippen LogP contribution in [0.4, 0.5) is 0 Å². The number of guanidine groups is 1. The normalized spacial score (nSPS) is 16.5. The maximum Gasteiger partial charge on any atom is 0.191 e. The fourth-order valence-corrected chi connectivity index (χ4v) is 3.59. The number of aromatic nitrogens is 2. The van der Waals surface area contributed by atoms with Crippen molar-refractivity contribution in [2.75, 3.05) is 19.6 Å². The highest BCUT2D eigenvalue weighted by molar-refractivity contribution is 5.80.